The Labute approximate surface area is 108 Å². The van der Waals surface area contributed by atoms with Gasteiger partial charge in [-0.3, -0.25) is 9.69 Å². The summed E-state index contributed by atoms with van der Waals surface area (Å²) >= 11 is 0. The molecule has 1 saturated carbocycles. The van der Waals surface area contributed by atoms with Crippen LogP contribution in [0.3, 0.4) is 0 Å². The first kappa shape index (κ1) is 13.8. The topological polar surface area (TPSA) is 75.8 Å². The van der Waals surface area contributed by atoms with Gasteiger partial charge in [0.25, 0.3) is 0 Å². The van der Waals surface area contributed by atoms with Crippen LogP contribution in [0, 0.1) is 0 Å². The van der Waals surface area contributed by atoms with Crippen LogP contribution in [0.1, 0.15) is 39.0 Å². The highest BCUT2D eigenvalue weighted by Gasteiger charge is 2.41. The maximum atomic E-state index is 11.3. The summed E-state index contributed by atoms with van der Waals surface area (Å²) in [6, 6.07) is 0.304. The van der Waals surface area contributed by atoms with Crippen molar-refractivity contribution in [2.24, 2.45) is 5.73 Å². The molecule has 2 fully saturated rings. The number of carbonyl (C=O) groups is 1. The molecule has 3 atom stereocenters. The van der Waals surface area contributed by atoms with Crippen LogP contribution in [0.15, 0.2) is 0 Å². The first-order valence-electron chi connectivity index (χ1n) is 6.93. The van der Waals surface area contributed by atoms with Crippen LogP contribution in [0.5, 0.6) is 0 Å². The van der Waals surface area contributed by atoms with Crippen molar-refractivity contribution in [1.29, 1.82) is 0 Å². The van der Waals surface area contributed by atoms with Crippen molar-refractivity contribution < 1.29 is 14.6 Å². The summed E-state index contributed by atoms with van der Waals surface area (Å²) < 4.78 is 5.66. The van der Waals surface area contributed by atoms with E-state index in [1.165, 1.54) is 0 Å². The van der Waals surface area contributed by atoms with Gasteiger partial charge in [-0.25, -0.2) is 0 Å². The van der Waals surface area contributed by atoms with Crippen LogP contribution in [-0.2, 0) is 9.53 Å². The van der Waals surface area contributed by atoms with Gasteiger partial charge in [0.15, 0.2) is 0 Å². The first-order chi connectivity index (χ1) is 8.55. The quantitative estimate of drug-likeness (QED) is 0.782. The smallest absolute Gasteiger partial charge is 0.323 e. The molecule has 0 spiro atoms. The number of aliphatic carboxylic acids is 1. The van der Waals surface area contributed by atoms with E-state index in [9.17, 15) is 9.90 Å². The monoisotopic (exact) mass is 256 g/mol. The molecular weight excluding hydrogens is 232 g/mol. The third-order valence-corrected chi connectivity index (χ3v) is 4.33. The van der Waals surface area contributed by atoms with Gasteiger partial charge in [-0.15, -0.1) is 0 Å². The molecule has 1 aliphatic carbocycles. The van der Waals surface area contributed by atoms with Gasteiger partial charge in [-0.2, -0.15) is 0 Å². The van der Waals surface area contributed by atoms with Crippen LogP contribution in [0.4, 0.5) is 0 Å². The Hall–Kier alpha value is -0.650. The van der Waals surface area contributed by atoms with E-state index in [0.717, 1.165) is 39.0 Å². The average Bonchev–Trinajstić information content (AvgIpc) is 2.39. The molecule has 5 heteroatoms. The zero-order chi connectivity index (χ0) is 13.2. The van der Waals surface area contributed by atoms with Crippen LogP contribution >= 0.6 is 0 Å². The molecule has 1 heterocycles. The number of carboxylic acids is 1. The first-order valence-corrected chi connectivity index (χ1v) is 6.93. The Kier molecular flexibility index (Phi) is 4.25. The second kappa shape index (κ2) is 5.55. The molecule has 0 aromatic heterocycles. The van der Waals surface area contributed by atoms with Gasteiger partial charge in [0.2, 0.25) is 0 Å². The SMILES string of the molecule is CCC1CN(C2CCCC(N)(C(=O)O)C2)CCO1. The highest BCUT2D eigenvalue weighted by molar-refractivity contribution is 5.78. The van der Waals surface area contributed by atoms with Crippen LogP contribution in [-0.4, -0.2) is 53.4 Å². The number of morpholine rings is 1. The van der Waals surface area contributed by atoms with E-state index in [4.69, 9.17) is 10.5 Å². The van der Waals surface area contributed by atoms with E-state index in [2.05, 4.69) is 11.8 Å². The highest BCUT2D eigenvalue weighted by Crippen LogP contribution is 2.30. The molecule has 5 nitrogen and oxygen atoms in total. The summed E-state index contributed by atoms with van der Waals surface area (Å²) in [6.45, 7) is 4.69. The molecule has 2 rings (SSSR count). The normalized spacial score (nSPS) is 38.6. The van der Waals surface area contributed by atoms with E-state index < -0.39 is 11.5 Å². The molecule has 3 N–H and O–H groups in total. The Morgan fingerprint density at radius 1 is 1.61 bits per heavy atom. The predicted molar refractivity (Wildman–Crippen MR) is 68.4 cm³/mol. The Morgan fingerprint density at radius 2 is 2.39 bits per heavy atom. The zero-order valence-corrected chi connectivity index (χ0v) is 11.1. The molecule has 2 aliphatic rings. The molecule has 104 valence electrons. The molecule has 0 bridgehead atoms. The molecule has 3 unspecified atom stereocenters. The fourth-order valence-electron chi connectivity index (χ4n) is 3.10. The zero-order valence-electron chi connectivity index (χ0n) is 11.1. The lowest BCUT2D eigenvalue weighted by Gasteiger charge is -2.43. The maximum absolute atomic E-state index is 11.3. The number of hydrogen-bond donors (Lipinski definition) is 2. The number of nitrogens with zero attached hydrogens (tertiary/aromatic N) is 1. The number of nitrogens with two attached hydrogens (primary N) is 1. The molecule has 0 aromatic rings. The van der Waals surface area contributed by atoms with Gasteiger partial charge in [0.05, 0.1) is 12.7 Å². The summed E-state index contributed by atoms with van der Waals surface area (Å²) in [4.78, 5) is 13.6. The number of hydrogen-bond acceptors (Lipinski definition) is 4. The van der Waals surface area contributed by atoms with Gasteiger partial charge in [0.1, 0.15) is 5.54 Å². The summed E-state index contributed by atoms with van der Waals surface area (Å²) in [5.41, 5.74) is 4.98. The lowest BCUT2D eigenvalue weighted by Crippen LogP contribution is -2.57. The Bertz CT molecular complexity index is 311. The maximum Gasteiger partial charge on any atom is 0.323 e. The van der Waals surface area contributed by atoms with E-state index in [1.807, 2.05) is 0 Å². The van der Waals surface area contributed by atoms with Crippen LogP contribution in [0.25, 0.3) is 0 Å². The number of ether oxygens (including phenoxy) is 1. The van der Waals surface area contributed by atoms with Gasteiger partial charge in [-0.05, 0) is 32.1 Å². The molecule has 0 aromatic carbocycles. The molecule has 0 radical (unpaired) electrons. The van der Waals surface area contributed by atoms with E-state index in [1.54, 1.807) is 0 Å². The molecule has 18 heavy (non-hydrogen) atoms. The molecule has 1 saturated heterocycles. The van der Waals surface area contributed by atoms with E-state index >= 15 is 0 Å². The van der Waals surface area contributed by atoms with E-state index in [0.29, 0.717) is 18.9 Å². The standard InChI is InChI=1S/C13H24N2O3/c1-2-11-9-15(6-7-18-11)10-4-3-5-13(14,8-10)12(16)17/h10-11H,2-9,14H2,1H3,(H,16,17). The van der Waals surface area contributed by atoms with Gasteiger partial charge in [0, 0.05) is 19.1 Å². The largest absolute Gasteiger partial charge is 0.480 e. The molecule has 0 amide bonds. The van der Waals surface area contributed by atoms with Crippen molar-refractivity contribution in [3.05, 3.63) is 0 Å². The molecule has 1 aliphatic heterocycles. The highest BCUT2D eigenvalue weighted by atomic mass is 16.5. The number of rotatable bonds is 3. The summed E-state index contributed by atoms with van der Waals surface area (Å²) in [6.07, 6.45) is 4.43. The fourth-order valence-corrected chi connectivity index (χ4v) is 3.10. The molecular formula is C13H24N2O3. The van der Waals surface area contributed by atoms with Crippen molar-refractivity contribution in [2.75, 3.05) is 19.7 Å². The van der Waals surface area contributed by atoms with Crippen molar-refractivity contribution in [2.45, 2.75) is 56.7 Å². The van der Waals surface area contributed by atoms with Gasteiger partial charge >= 0.3 is 5.97 Å². The Morgan fingerprint density at radius 3 is 3.06 bits per heavy atom. The summed E-state index contributed by atoms with van der Waals surface area (Å²) in [7, 11) is 0. The third kappa shape index (κ3) is 2.84. The van der Waals surface area contributed by atoms with Crippen molar-refractivity contribution in [3.8, 4) is 0 Å². The van der Waals surface area contributed by atoms with Crippen molar-refractivity contribution in [3.63, 3.8) is 0 Å². The number of carboxylic acid groups (broad SMARTS) is 1. The third-order valence-electron chi connectivity index (χ3n) is 4.33. The van der Waals surface area contributed by atoms with Crippen molar-refractivity contribution >= 4 is 5.97 Å². The lowest BCUT2D eigenvalue weighted by atomic mass is 9.79. The minimum absolute atomic E-state index is 0.290. The van der Waals surface area contributed by atoms with Gasteiger partial charge in [-0.1, -0.05) is 6.92 Å². The van der Waals surface area contributed by atoms with E-state index in [-0.39, 0.29) is 6.10 Å². The predicted octanol–water partition coefficient (Wildman–Crippen LogP) is 0.822. The second-order valence-corrected chi connectivity index (χ2v) is 5.61. The summed E-state index contributed by atoms with van der Waals surface area (Å²) in [5.74, 6) is -0.854. The Balaban J connectivity index is 1.98. The minimum Gasteiger partial charge on any atom is -0.480 e. The lowest BCUT2D eigenvalue weighted by molar-refractivity contribution is -0.146. The second-order valence-electron chi connectivity index (χ2n) is 5.61. The minimum atomic E-state index is -1.02. The average molecular weight is 256 g/mol. The fraction of sp³-hybridized carbons (Fsp3) is 0.923. The van der Waals surface area contributed by atoms with Gasteiger partial charge < -0.3 is 15.6 Å². The summed E-state index contributed by atoms with van der Waals surface area (Å²) in [5, 5.41) is 9.24. The van der Waals surface area contributed by atoms with Crippen molar-refractivity contribution in [1.82, 2.24) is 4.90 Å². The van der Waals surface area contributed by atoms with Crippen LogP contribution in [0.2, 0.25) is 0 Å². The van der Waals surface area contributed by atoms with Crippen LogP contribution < -0.4 is 5.73 Å².